The topological polar surface area (TPSA) is 168 Å². The van der Waals surface area contributed by atoms with Crippen LogP contribution >= 0.6 is 0 Å². The zero-order chi connectivity index (χ0) is 32.2. The largest absolute Gasteiger partial charge is 0.465 e. The molecule has 0 unspecified atom stereocenters. The second kappa shape index (κ2) is 11.9. The lowest BCUT2D eigenvalue weighted by atomic mass is 9.93. The number of nitrogens with zero attached hydrogens (tertiary/aromatic N) is 9. The van der Waals surface area contributed by atoms with Gasteiger partial charge in [-0.3, -0.25) is 8.80 Å². The normalized spacial score (nSPS) is 26.4. The number of ether oxygens (including phenoxy) is 1. The summed E-state index contributed by atoms with van der Waals surface area (Å²) >= 11 is 0. The van der Waals surface area contributed by atoms with Crippen LogP contribution < -0.4 is 0 Å². The highest BCUT2D eigenvalue weighted by Crippen LogP contribution is 2.47. The van der Waals surface area contributed by atoms with E-state index in [1.807, 2.05) is 12.4 Å². The van der Waals surface area contributed by atoms with Crippen molar-refractivity contribution in [3.05, 3.63) is 48.6 Å². The molecule has 0 aromatic carbocycles. The molecule has 9 rings (SSSR count). The van der Waals surface area contributed by atoms with Crippen LogP contribution in [-0.4, -0.2) is 96.7 Å². The minimum Gasteiger partial charge on any atom is -0.465 e. The van der Waals surface area contributed by atoms with Crippen molar-refractivity contribution in [2.45, 2.75) is 82.6 Å². The molecule has 246 valence electrons. The van der Waals surface area contributed by atoms with E-state index in [0.29, 0.717) is 23.7 Å². The van der Waals surface area contributed by atoms with Gasteiger partial charge in [0.15, 0.2) is 22.6 Å². The van der Waals surface area contributed by atoms with Gasteiger partial charge in [0.2, 0.25) is 0 Å². The molecule has 47 heavy (non-hydrogen) atoms. The van der Waals surface area contributed by atoms with E-state index in [1.165, 1.54) is 0 Å². The first kappa shape index (κ1) is 29.7. The summed E-state index contributed by atoms with van der Waals surface area (Å²) in [7, 11) is 0. The number of amides is 1. The number of halogens is 1. The highest BCUT2D eigenvalue weighted by molar-refractivity contribution is 5.75. The van der Waals surface area contributed by atoms with E-state index in [4.69, 9.17) is 9.84 Å². The number of hydrogen-bond acceptors (Lipinski definition) is 8. The quantitative estimate of drug-likeness (QED) is 0.224. The number of likely N-dealkylation sites (tertiary alicyclic amines) is 1. The fraction of sp³-hybridized carbons (Fsp3) is 0.531. The van der Waals surface area contributed by atoms with Crippen molar-refractivity contribution in [3.8, 4) is 0 Å². The van der Waals surface area contributed by atoms with Crippen molar-refractivity contribution in [1.29, 1.82) is 0 Å². The first-order valence-electron chi connectivity index (χ1n) is 16.5. The standard InChI is InChI=1S/C28H32N10O.C4H6FNO2/c1-3-15-9-17(11-19(15)27-35-33-23-13-31-25-21(37(23)27)5-7-29-25)39-18-10-16(4-2)20(12-18)28-36-34-24-14-32-26-22(38(24)28)6-8-30-26;5-3-1-6(2-3)4(7)8/h5-8,13-20,29-30H,3-4,9-12H2,1-2H3;3H,1-2H2,(H,7,8)/t15-,16-,17+,18+,19+,20+;/m1./s1. The zero-order valence-electron chi connectivity index (χ0n) is 26.3. The molecular formula is C32H38FN11O3. The molecule has 14 nitrogen and oxygen atoms in total. The molecular weight excluding hydrogens is 605 g/mol. The Morgan fingerprint density at radius 1 is 0.830 bits per heavy atom. The van der Waals surface area contributed by atoms with Crippen LogP contribution in [0.4, 0.5) is 9.18 Å². The van der Waals surface area contributed by atoms with Crippen LogP contribution in [0.2, 0.25) is 0 Å². The van der Waals surface area contributed by atoms with Crippen molar-refractivity contribution >= 4 is 39.7 Å². The summed E-state index contributed by atoms with van der Waals surface area (Å²) in [6.07, 6.45) is 12.2. The van der Waals surface area contributed by atoms with Gasteiger partial charge in [-0.2, -0.15) is 0 Å². The first-order chi connectivity index (χ1) is 22.9. The van der Waals surface area contributed by atoms with E-state index < -0.39 is 12.3 Å². The molecule has 6 atom stereocenters. The number of nitrogens with one attached hydrogen (secondary N) is 2. The van der Waals surface area contributed by atoms with Gasteiger partial charge in [0, 0.05) is 24.2 Å². The third kappa shape index (κ3) is 5.16. The second-order valence-electron chi connectivity index (χ2n) is 13.1. The van der Waals surface area contributed by atoms with Crippen molar-refractivity contribution in [2.75, 3.05) is 13.1 Å². The summed E-state index contributed by atoms with van der Waals surface area (Å²) in [6, 6.07) is 4.11. The Kier molecular flexibility index (Phi) is 7.50. The predicted molar refractivity (Wildman–Crippen MR) is 170 cm³/mol. The lowest BCUT2D eigenvalue weighted by Crippen LogP contribution is -2.50. The summed E-state index contributed by atoms with van der Waals surface area (Å²) in [4.78, 5) is 26.3. The Balaban J connectivity index is 0.000000357. The van der Waals surface area contributed by atoms with Gasteiger partial charge in [-0.15, -0.1) is 20.4 Å². The highest BCUT2D eigenvalue weighted by atomic mass is 19.1. The average molecular weight is 644 g/mol. The fourth-order valence-corrected chi connectivity index (χ4v) is 8.03. The minimum atomic E-state index is -1.03. The number of aromatic amines is 2. The SMILES string of the molecule is CC[C@@H]1C[C@H](O[C@H]2C[C@@H](CC)[C@@H](c3nnc4cnc5[nH]ccc5n34)C2)C[C@@H]1c1nnc2cnc3[nH]ccc3n12.O=C(O)N1CC(F)C1. The molecule has 1 aliphatic heterocycles. The number of hydrogen-bond donors (Lipinski definition) is 3. The van der Waals surface area contributed by atoms with Crippen molar-refractivity contribution in [1.82, 2.24) is 54.0 Å². The second-order valence-corrected chi connectivity index (χ2v) is 13.1. The summed E-state index contributed by atoms with van der Waals surface area (Å²) in [6.45, 7) is 4.66. The Hall–Kier alpha value is -4.66. The maximum Gasteiger partial charge on any atom is 0.407 e. The number of fused-ring (bicyclic) bond motifs is 6. The Labute approximate surface area is 268 Å². The Morgan fingerprint density at radius 2 is 1.32 bits per heavy atom. The van der Waals surface area contributed by atoms with E-state index in [2.05, 4.69) is 75.1 Å². The third-order valence-electron chi connectivity index (χ3n) is 10.4. The monoisotopic (exact) mass is 643 g/mol. The van der Waals surface area contributed by atoms with Crippen LogP contribution in [0.15, 0.2) is 36.9 Å². The zero-order valence-corrected chi connectivity index (χ0v) is 26.3. The van der Waals surface area contributed by atoms with Crippen molar-refractivity contribution < 1.29 is 19.0 Å². The number of carbonyl (C=O) groups is 1. The van der Waals surface area contributed by atoms with Gasteiger partial charge in [-0.05, 0) is 49.7 Å². The molecule has 0 radical (unpaired) electrons. The Bertz CT molecular complexity index is 1910. The minimum absolute atomic E-state index is 0.0509. The van der Waals surface area contributed by atoms with E-state index in [0.717, 1.165) is 88.7 Å². The van der Waals surface area contributed by atoms with Crippen LogP contribution in [-0.2, 0) is 4.74 Å². The van der Waals surface area contributed by atoms with E-state index >= 15 is 0 Å². The summed E-state index contributed by atoms with van der Waals surface area (Å²) in [5, 5.41) is 26.4. The van der Waals surface area contributed by atoms with Crippen LogP contribution in [0.3, 0.4) is 0 Å². The molecule has 6 aromatic rings. The van der Waals surface area contributed by atoms with Crippen LogP contribution in [0.1, 0.15) is 75.9 Å². The maximum absolute atomic E-state index is 11.8. The molecule has 1 amide bonds. The lowest BCUT2D eigenvalue weighted by molar-refractivity contribution is -0.00877. The van der Waals surface area contributed by atoms with E-state index in [1.54, 1.807) is 12.4 Å². The smallest absolute Gasteiger partial charge is 0.407 e. The van der Waals surface area contributed by atoms with Gasteiger partial charge in [0.05, 0.1) is 48.7 Å². The first-order valence-corrected chi connectivity index (χ1v) is 16.5. The lowest BCUT2D eigenvalue weighted by Gasteiger charge is -2.31. The van der Waals surface area contributed by atoms with Crippen LogP contribution in [0.25, 0.3) is 33.6 Å². The summed E-state index contributed by atoms with van der Waals surface area (Å²) < 4.78 is 23.1. The molecule has 15 heteroatoms. The molecule has 6 aromatic heterocycles. The Morgan fingerprint density at radius 3 is 1.72 bits per heavy atom. The van der Waals surface area contributed by atoms with Gasteiger partial charge in [-0.25, -0.2) is 19.2 Å². The maximum atomic E-state index is 11.8. The molecule has 0 spiro atoms. The fourth-order valence-electron chi connectivity index (χ4n) is 8.03. The molecule has 3 N–H and O–H groups in total. The van der Waals surface area contributed by atoms with Gasteiger partial charge in [-0.1, -0.05) is 26.7 Å². The van der Waals surface area contributed by atoms with Crippen molar-refractivity contribution in [2.24, 2.45) is 11.8 Å². The highest BCUT2D eigenvalue weighted by Gasteiger charge is 2.43. The molecule has 7 heterocycles. The van der Waals surface area contributed by atoms with Crippen LogP contribution in [0, 0.1) is 11.8 Å². The van der Waals surface area contributed by atoms with Gasteiger partial charge in [0.1, 0.15) is 17.8 Å². The molecule has 3 aliphatic rings. The number of carboxylic acid groups (broad SMARTS) is 1. The number of alkyl halides is 1. The summed E-state index contributed by atoms with van der Waals surface area (Å²) in [5.41, 5.74) is 5.38. The van der Waals surface area contributed by atoms with Gasteiger partial charge >= 0.3 is 6.09 Å². The van der Waals surface area contributed by atoms with Gasteiger partial charge < -0.3 is 24.7 Å². The average Bonchev–Trinajstić information content (AvgIpc) is 3.88. The van der Waals surface area contributed by atoms with E-state index in [-0.39, 0.29) is 25.3 Å². The number of aromatic nitrogens is 10. The van der Waals surface area contributed by atoms with E-state index in [9.17, 15) is 9.18 Å². The number of H-pyrrole nitrogens is 2. The predicted octanol–water partition coefficient (Wildman–Crippen LogP) is 5.10. The van der Waals surface area contributed by atoms with Gasteiger partial charge in [0.25, 0.3) is 0 Å². The summed E-state index contributed by atoms with van der Waals surface area (Å²) in [5.74, 6) is 3.71. The van der Waals surface area contributed by atoms with Crippen molar-refractivity contribution in [3.63, 3.8) is 0 Å². The molecule has 3 fully saturated rings. The molecule has 2 saturated carbocycles. The number of rotatable bonds is 6. The molecule has 2 aliphatic carbocycles. The third-order valence-corrected chi connectivity index (χ3v) is 10.4. The molecule has 0 bridgehead atoms. The molecule has 1 saturated heterocycles. The van der Waals surface area contributed by atoms with Crippen LogP contribution in [0.5, 0.6) is 0 Å².